The van der Waals surface area contributed by atoms with Crippen molar-refractivity contribution in [3.8, 4) is 11.5 Å². The molecule has 0 bridgehead atoms. The number of ether oxygens (including phenoxy) is 2. The van der Waals surface area contributed by atoms with Crippen LogP contribution in [0, 0.1) is 0 Å². The van der Waals surface area contributed by atoms with E-state index >= 15 is 0 Å². The fraction of sp³-hybridized carbons (Fsp3) is 0.0968. The van der Waals surface area contributed by atoms with Crippen LogP contribution >= 0.6 is 35.0 Å². The third-order valence-electron chi connectivity index (χ3n) is 5.95. The Morgan fingerprint density at radius 2 is 1.59 bits per heavy atom. The number of para-hydroxylation sites is 2. The van der Waals surface area contributed by atoms with Crippen LogP contribution in [0.15, 0.2) is 107 Å². The monoisotopic (exact) mass is 574 g/mol. The number of benzene rings is 4. The number of amidine groups is 1. The molecule has 39 heavy (non-hydrogen) atoms. The fourth-order valence-corrected chi connectivity index (χ4v) is 5.23. The van der Waals surface area contributed by atoms with E-state index in [1.807, 2.05) is 91.0 Å². The number of nitrogens with zero attached hydrogens (tertiary/aromatic N) is 2. The summed E-state index contributed by atoms with van der Waals surface area (Å²) in [5.41, 5.74) is 3.43. The Kier molecular flexibility index (Phi) is 8.57. The molecule has 0 N–H and O–H groups in total. The summed E-state index contributed by atoms with van der Waals surface area (Å²) in [4.78, 5) is 20.7. The Bertz CT molecular complexity index is 1540. The first-order valence-electron chi connectivity index (χ1n) is 12.1. The number of aliphatic imine (C=N–C) groups is 1. The van der Waals surface area contributed by atoms with Gasteiger partial charge in [0, 0.05) is 5.56 Å². The van der Waals surface area contributed by atoms with Crippen LogP contribution in [0.4, 0.5) is 5.69 Å². The highest BCUT2D eigenvalue weighted by Crippen LogP contribution is 2.37. The summed E-state index contributed by atoms with van der Waals surface area (Å²) in [5.74, 6) is 1.29. The van der Waals surface area contributed by atoms with Crippen molar-refractivity contribution in [2.75, 3.05) is 7.11 Å². The van der Waals surface area contributed by atoms with Gasteiger partial charge in [-0.2, -0.15) is 0 Å². The lowest BCUT2D eigenvalue weighted by atomic mass is 10.1. The topological polar surface area (TPSA) is 51.1 Å². The van der Waals surface area contributed by atoms with Crippen LogP contribution in [-0.4, -0.2) is 23.1 Å². The molecule has 1 aliphatic heterocycles. The van der Waals surface area contributed by atoms with E-state index in [0.29, 0.717) is 39.0 Å². The molecule has 0 saturated carbocycles. The van der Waals surface area contributed by atoms with E-state index in [0.717, 1.165) is 28.1 Å². The van der Waals surface area contributed by atoms with Crippen molar-refractivity contribution in [2.24, 2.45) is 4.99 Å². The van der Waals surface area contributed by atoms with Crippen molar-refractivity contribution in [1.82, 2.24) is 4.90 Å². The summed E-state index contributed by atoms with van der Waals surface area (Å²) >= 11 is 13.5. The van der Waals surface area contributed by atoms with Gasteiger partial charge in [-0.1, -0.05) is 77.8 Å². The summed E-state index contributed by atoms with van der Waals surface area (Å²) in [7, 11) is 1.63. The van der Waals surface area contributed by atoms with Gasteiger partial charge in [0.05, 0.1) is 34.3 Å². The normalized spacial score (nSPS) is 15.3. The number of thioether (sulfide) groups is 1. The lowest BCUT2D eigenvalue weighted by Crippen LogP contribution is -2.28. The van der Waals surface area contributed by atoms with E-state index in [4.69, 9.17) is 37.7 Å². The van der Waals surface area contributed by atoms with Gasteiger partial charge in [-0.25, -0.2) is 4.99 Å². The highest BCUT2D eigenvalue weighted by Gasteiger charge is 2.33. The number of carbonyl (C=O) groups excluding carboxylic acids is 1. The molecule has 4 aromatic rings. The number of hydrogen-bond acceptors (Lipinski definition) is 5. The first-order chi connectivity index (χ1) is 19.0. The van der Waals surface area contributed by atoms with Crippen LogP contribution in [0.5, 0.6) is 11.5 Å². The molecule has 0 spiro atoms. The maximum atomic E-state index is 13.7. The lowest BCUT2D eigenvalue weighted by Gasteiger charge is -2.16. The Labute approximate surface area is 241 Å². The maximum absolute atomic E-state index is 13.7. The van der Waals surface area contributed by atoms with E-state index in [2.05, 4.69) is 0 Å². The molecule has 8 heteroatoms. The van der Waals surface area contributed by atoms with Gasteiger partial charge < -0.3 is 9.47 Å². The van der Waals surface area contributed by atoms with E-state index < -0.39 is 0 Å². The van der Waals surface area contributed by atoms with Gasteiger partial charge in [0.1, 0.15) is 18.1 Å². The molecule has 1 amide bonds. The number of rotatable bonds is 8. The summed E-state index contributed by atoms with van der Waals surface area (Å²) in [6, 6.07) is 30.3. The van der Waals surface area contributed by atoms with E-state index in [9.17, 15) is 4.79 Å². The molecule has 1 aliphatic rings. The predicted molar refractivity (Wildman–Crippen MR) is 160 cm³/mol. The largest absolute Gasteiger partial charge is 0.497 e. The molecule has 0 radical (unpaired) electrons. The van der Waals surface area contributed by atoms with Gasteiger partial charge in [0.25, 0.3) is 5.91 Å². The molecule has 0 atom stereocenters. The summed E-state index contributed by atoms with van der Waals surface area (Å²) in [5, 5.41) is 1.58. The molecule has 1 saturated heterocycles. The van der Waals surface area contributed by atoms with E-state index in [1.165, 1.54) is 11.8 Å². The maximum Gasteiger partial charge on any atom is 0.267 e. The SMILES string of the molecule is COc1ccc(CN2C(=O)/C(=C/c3ccccc3OCc3ccc(Cl)c(Cl)c3)SC2=Nc2ccccc2)cc1. The Morgan fingerprint density at radius 3 is 2.33 bits per heavy atom. The summed E-state index contributed by atoms with van der Waals surface area (Å²) in [6.45, 7) is 0.691. The number of methoxy groups -OCH3 is 1. The van der Waals surface area contributed by atoms with Gasteiger partial charge in [-0.15, -0.1) is 0 Å². The molecule has 0 aromatic heterocycles. The fourth-order valence-electron chi connectivity index (χ4n) is 3.92. The molecule has 4 aromatic carbocycles. The van der Waals surface area contributed by atoms with Crippen LogP contribution in [0.1, 0.15) is 16.7 Å². The molecular formula is C31H24Cl2N2O3S. The number of amides is 1. The number of halogens is 2. The zero-order valence-corrected chi connectivity index (χ0v) is 23.3. The van der Waals surface area contributed by atoms with Crippen LogP contribution in [0.2, 0.25) is 10.0 Å². The minimum Gasteiger partial charge on any atom is -0.497 e. The van der Waals surface area contributed by atoms with Crippen LogP contribution in [-0.2, 0) is 17.9 Å². The molecule has 5 nitrogen and oxygen atoms in total. The third kappa shape index (κ3) is 6.66. The molecule has 0 unspecified atom stereocenters. The van der Waals surface area contributed by atoms with Gasteiger partial charge in [0.15, 0.2) is 5.17 Å². The van der Waals surface area contributed by atoms with Gasteiger partial charge >= 0.3 is 0 Å². The first-order valence-corrected chi connectivity index (χ1v) is 13.7. The second-order valence-corrected chi connectivity index (χ2v) is 10.5. The van der Waals surface area contributed by atoms with Crippen molar-refractivity contribution in [2.45, 2.75) is 13.2 Å². The number of hydrogen-bond donors (Lipinski definition) is 0. The van der Waals surface area contributed by atoms with Crippen molar-refractivity contribution in [3.05, 3.63) is 129 Å². The van der Waals surface area contributed by atoms with Crippen molar-refractivity contribution >= 4 is 57.8 Å². The van der Waals surface area contributed by atoms with Gasteiger partial charge in [-0.3, -0.25) is 9.69 Å². The van der Waals surface area contributed by atoms with Gasteiger partial charge in [-0.05, 0) is 71.4 Å². The minimum absolute atomic E-state index is 0.121. The highest BCUT2D eigenvalue weighted by molar-refractivity contribution is 8.18. The van der Waals surface area contributed by atoms with Gasteiger partial charge in [0.2, 0.25) is 0 Å². The molecule has 1 fully saturated rings. The second kappa shape index (κ2) is 12.4. The first kappa shape index (κ1) is 26.9. The number of carbonyl (C=O) groups is 1. The Morgan fingerprint density at radius 1 is 0.872 bits per heavy atom. The summed E-state index contributed by atoms with van der Waals surface area (Å²) < 4.78 is 11.4. The minimum atomic E-state index is -0.121. The lowest BCUT2D eigenvalue weighted by molar-refractivity contribution is -0.122. The molecular weight excluding hydrogens is 551 g/mol. The zero-order valence-electron chi connectivity index (χ0n) is 21.0. The standard InChI is InChI=1S/C31H24Cl2N2O3S/c1-37-25-14-11-21(12-15-25)19-35-30(36)29(39-31(35)34-24-8-3-2-4-9-24)18-23-7-5-6-10-28(23)38-20-22-13-16-26(32)27(33)17-22/h2-18H,19-20H2,1H3/b29-18-,34-31?. The van der Waals surface area contributed by atoms with Crippen LogP contribution < -0.4 is 9.47 Å². The Hall–Kier alpha value is -3.71. The van der Waals surface area contributed by atoms with E-state index in [-0.39, 0.29) is 5.91 Å². The summed E-state index contributed by atoms with van der Waals surface area (Å²) in [6.07, 6.45) is 1.85. The van der Waals surface area contributed by atoms with Crippen LogP contribution in [0.25, 0.3) is 6.08 Å². The Balaban J connectivity index is 1.42. The third-order valence-corrected chi connectivity index (χ3v) is 7.70. The zero-order chi connectivity index (χ0) is 27.2. The quantitative estimate of drug-likeness (QED) is 0.198. The molecule has 196 valence electrons. The molecule has 5 rings (SSSR count). The van der Waals surface area contributed by atoms with E-state index in [1.54, 1.807) is 24.1 Å². The second-order valence-electron chi connectivity index (χ2n) is 8.65. The van der Waals surface area contributed by atoms with Crippen LogP contribution in [0.3, 0.4) is 0 Å². The average Bonchev–Trinajstić information content (AvgIpc) is 3.24. The highest BCUT2D eigenvalue weighted by atomic mass is 35.5. The van der Waals surface area contributed by atoms with Crippen molar-refractivity contribution in [3.63, 3.8) is 0 Å². The van der Waals surface area contributed by atoms with Crippen molar-refractivity contribution in [1.29, 1.82) is 0 Å². The smallest absolute Gasteiger partial charge is 0.267 e. The van der Waals surface area contributed by atoms with Crippen molar-refractivity contribution < 1.29 is 14.3 Å². The predicted octanol–water partition coefficient (Wildman–Crippen LogP) is 8.39. The average molecular weight is 576 g/mol. The molecule has 0 aliphatic carbocycles. The molecule has 1 heterocycles.